The third-order valence-corrected chi connectivity index (χ3v) is 4.49. The molecule has 0 unspecified atom stereocenters. The van der Waals surface area contributed by atoms with Crippen LogP contribution >= 0.6 is 0 Å². The minimum atomic E-state index is 0.159. The molecule has 110 valence electrons. The predicted molar refractivity (Wildman–Crippen MR) is 84.4 cm³/mol. The summed E-state index contributed by atoms with van der Waals surface area (Å²) in [7, 11) is 0. The molecule has 2 heterocycles. The van der Waals surface area contributed by atoms with Gasteiger partial charge in [-0.15, -0.1) is 0 Å². The molecule has 3 heteroatoms. The number of rotatable bonds is 2. The topological polar surface area (TPSA) is 19.4 Å². The van der Waals surface area contributed by atoms with Crippen molar-refractivity contribution in [1.82, 2.24) is 9.88 Å². The van der Waals surface area contributed by atoms with E-state index in [9.17, 15) is 0 Å². The Hall–Kier alpha value is -1.09. The molecule has 2 fully saturated rings. The van der Waals surface area contributed by atoms with Crippen LogP contribution in [0.2, 0.25) is 0 Å². The van der Waals surface area contributed by atoms with E-state index in [0.29, 0.717) is 0 Å². The Balaban J connectivity index is 1.78. The lowest BCUT2D eigenvalue weighted by Gasteiger charge is -2.29. The van der Waals surface area contributed by atoms with Crippen LogP contribution in [0.15, 0.2) is 18.3 Å². The molecule has 0 spiro atoms. The number of nitrogens with zero attached hydrogens (tertiary/aromatic N) is 3. The molecule has 1 aromatic rings. The quantitative estimate of drug-likeness (QED) is 0.825. The van der Waals surface area contributed by atoms with Crippen molar-refractivity contribution in [3.8, 4) is 0 Å². The Bertz CT molecular complexity index is 460. The van der Waals surface area contributed by atoms with E-state index in [1.54, 1.807) is 0 Å². The zero-order chi connectivity index (χ0) is 14.2. The third kappa shape index (κ3) is 2.98. The summed E-state index contributed by atoms with van der Waals surface area (Å²) in [5.74, 6) is 1.21. The molecular weight excluding hydrogens is 246 g/mol. The molecular formula is C17H27N3. The summed E-state index contributed by atoms with van der Waals surface area (Å²) in [4.78, 5) is 9.89. The van der Waals surface area contributed by atoms with E-state index < -0.39 is 0 Å². The highest BCUT2D eigenvalue weighted by Gasteiger charge is 2.31. The summed E-state index contributed by atoms with van der Waals surface area (Å²) in [6, 6.07) is 5.20. The molecule has 3 rings (SSSR count). The van der Waals surface area contributed by atoms with E-state index in [2.05, 4.69) is 42.7 Å². The molecule has 0 radical (unpaired) electrons. The summed E-state index contributed by atoms with van der Waals surface area (Å²) in [6.45, 7) is 11.6. The number of aromatic nitrogens is 1. The van der Waals surface area contributed by atoms with E-state index in [-0.39, 0.29) is 5.41 Å². The fraction of sp³-hybridized carbons (Fsp3) is 0.706. The monoisotopic (exact) mass is 273 g/mol. The molecule has 3 nitrogen and oxygen atoms in total. The van der Waals surface area contributed by atoms with E-state index in [0.717, 1.165) is 19.1 Å². The van der Waals surface area contributed by atoms with E-state index in [1.165, 1.54) is 43.7 Å². The predicted octanol–water partition coefficient (Wildman–Crippen LogP) is 3.05. The summed E-state index contributed by atoms with van der Waals surface area (Å²) in [5.41, 5.74) is 1.53. The Morgan fingerprint density at radius 2 is 1.90 bits per heavy atom. The van der Waals surface area contributed by atoms with Crippen molar-refractivity contribution in [2.45, 2.75) is 51.5 Å². The van der Waals surface area contributed by atoms with Gasteiger partial charge in [0.15, 0.2) is 0 Å². The highest BCUT2D eigenvalue weighted by Crippen LogP contribution is 2.32. The second-order valence-corrected chi connectivity index (χ2v) is 7.23. The van der Waals surface area contributed by atoms with E-state index >= 15 is 0 Å². The Morgan fingerprint density at radius 3 is 2.60 bits per heavy atom. The van der Waals surface area contributed by atoms with Crippen molar-refractivity contribution in [3.63, 3.8) is 0 Å². The van der Waals surface area contributed by atoms with Crippen LogP contribution < -0.4 is 4.90 Å². The van der Waals surface area contributed by atoms with Crippen molar-refractivity contribution < 1.29 is 0 Å². The van der Waals surface area contributed by atoms with Crippen LogP contribution in [0.3, 0.4) is 0 Å². The maximum Gasteiger partial charge on any atom is 0.132 e. The Labute approximate surface area is 123 Å². The first-order valence-corrected chi connectivity index (χ1v) is 8.00. The van der Waals surface area contributed by atoms with Crippen LogP contribution in [0.4, 0.5) is 5.82 Å². The van der Waals surface area contributed by atoms with Gasteiger partial charge in [-0.1, -0.05) is 26.8 Å². The zero-order valence-corrected chi connectivity index (χ0v) is 13.1. The van der Waals surface area contributed by atoms with Gasteiger partial charge in [-0.3, -0.25) is 4.90 Å². The standard InChI is InChI=1S/C17H27N3/c1-17(2,3)15-6-4-9-18-16(15)20-11-5-10-19(12-13-20)14-7-8-14/h4,6,9,14H,5,7-8,10-13H2,1-3H3. The minimum absolute atomic E-state index is 0.159. The molecule has 0 amide bonds. The van der Waals surface area contributed by atoms with Gasteiger partial charge >= 0.3 is 0 Å². The second-order valence-electron chi connectivity index (χ2n) is 7.23. The normalized spacial score (nSPS) is 21.9. The molecule has 1 aliphatic heterocycles. The smallest absolute Gasteiger partial charge is 0.132 e. The SMILES string of the molecule is CC(C)(C)c1cccnc1N1CCCN(C2CC2)CC1. The van der Waals surface area contributed by atoms with Gasteiger partial charge in [-0.25, -0.2) is 4.98 Å². The fourth-order valence-corrected chi connectivity index (χ4v) is 3.19. The van der Waals surface area contributed by atoms with Gasteiger partial charge in [0.2, 0.25) is 0 Å². The third-order valence-electron chi connectivity index (χ3n) is 4.49. The number of hydrogen-bond donors (Lipinski definition) is 0. The highest BCUT2D eigenvalue weighted by molar-refractivity contribution is 5.50. The van der Waals surface area contributed by atoms with Gasteiger partial charge in [-0.05, 0) is 30.7 Å². The average Bonchev–Trinajstić information content (AvgIpc) is 3.24. The van der Waals surface area contributed by atoms with Gasteiger partial charge in [-0.2, -0.15) is 0 Å². The molecule has 0 N–H and O–H groups in total. The first-order chi connectivity index (χ1) is 9.55. The Kier molecular flexibility index (Phi) is 3.72. The van der Waals surface area contributed by atoms with Crippen LogP contribution in [0.1, 0.15) is 45.6 Å². The number of pyridine rings is 1. The van der Waals surface area contributed by atoms with Crippen molar-refractivity contribution >= 4 is 5.82 Å². The molecule has 2 aliphatic rings. The van der Waals surface area contributed by atoms with E-state index in [4.69, 9.17) is 4.98 Å². The lowest BCUT2D eigenvalue weighted by Crippen LogP contribution is -2.33. The van der Waals surface area contributed by atoms with Crippen LogP contribution in [0.5, 0.6) is 0 Å². The largest absolute Gasteiger partial charge is 0.355 e. The lowest BCUT2D eigenvalue weighted by atomic mass is 9.87. The van der Waals surface area contributed by atoms with Gasteiger partial charge < -0.3 is 4.90 Å². The average molecular weight is 273 g/mol. The minimum Gasteiger partial charge on any atom is -0.355 e. The molecule has 0 bridgehead atoms. The van der Waals surface area contributed by atoms with Crippen LogP contribution in [-0.4, -0.2) is 42.1 Å². The van der Waals surface area contributed by atoms with Crippen molar-refractivity contribution in [3.05, 3.63) is 23.9 Å². The van der Waals surface area contributed by atoms with Crippen LogP contribution in [0.25, 0.3) is 0 Å². The second kappa shape index (κ2) is 5.36. The van der Waals surface area contributed by atoms with Gasteiger partial charge in [0.05, 0.1) is 0 Å². The van der Waals surface area contributed by atoms with Crippen LogP contribution in [0, 0.1) is 0 Å². The van der Waals surface area contributed by atoms with Crippen LogP contribution in [-0.2, 0) is 5.41 Å². The molecule has 1 aromatic heterocycles. The molecule has 20 heavy (non-hydrogen) atoms. The van der Waals surface area contributed by atoms with Gasteiger partial charge in [0.1, 0.15) is 5.82 Å². The maximum atomic E-state index is 4.70. The lowest BCUT2D eigenvalue weighted by molar-refractivity contribution is 0.283. The first-order valence-electron chi connectivity index (χ1n) is 8.00. The summed E-state index contributed by atoms with van der Waals surface area (Å²) in [6.07, 6.45) is 6.03. The van der Waals surface area contributed by atoms with E-state index in [1.807, 2.05) is 6.20 Å². The summed E-state index contributed by atoms with van der Waals surface area (Å²) >= 11 is 0. The first kappa shape index (κ1) is 13.9. The zero-order valence-electron chi connectivity index (χ0n) is 13.1. The molecule has 1 aliphatic carbocycles. The molecule has 1 saturated heterocycles. The number of anilines is 1. The van der Waals surface area contributed by atoms with Crippen molar-refractivity contribution in [2.75, 3.05) is 31.1 Å². The van der Waals surface area contributed by atoms with Crippen molar-refractivity contribution in [2.24, 2.45) is 0 Å². The maximum absolute atomic E-state index is 4.70. The Morgan fingerprint density at radius 1 is 1.10 bits per heavy atom. The fourth-order valence-electron chi connectivity index (χ4n) is 3.19. The van der Waals surface area contributed by atoms with Gasteiger partial charge in [0, 0.05) is 44.0 Å². The van der Waals surface area contributed by atoms with Crippen molar-refractivity contribution in [1.29, 1.82) is 0 Å². The van der Waals surface area contributed by atoms with Gasteiger partial charge in [0.25, 0.3) is 0 Å². The summed E-state index contributed by atoms with van der Waals surface area (Å²) < 4.78 is 0. The number of hydrogen-bond acceptors (Lipinski definition) is 3. The molecule has 0 aromatic carbocycles. The molecule has 0 atom stereocenters. The molecule has 1 saturated carbocycles. The summed E-state index contributed by atoms with van der Waals surface area (Å²) in [5, 5.41) is 0. The highest BCUT2D eigenvalue weighted by atomic mass is 15.3.